The summed E-state index contributed by atoms with van der Waals surface area (Å²) < 4.78 is 77.5. The Labute approximate surface area is 119 Å². The summed E-state index contributed by atoms with van der Waals surface area (Å²) in [5.41, 5.74) is -2.15. The largest absolute Gasteiger partial charge is 0.573 e. The van der Waals surface area contributed by atoms with Crippen LogP contribution in [-0.4, -0.2) is 11.3 Å². The number of alkyl halides is 6. The molecule has 0 aliphatic heterocycles. The molecular weight excluding hydrogens is 316 g/mol. The van der Waals surface area contributed by atoms with Crippen LogP contribution in [0, 0.1) is 0 Å². The lowest BCUT2D eigenvalue weighted by Crippen LogP contribution is -2.17. The van der Waals surface area contributed by atoms with E-state index in [1.54, 1.807) is 0 Å². The first-order valence-electron chi connectivity index (χ1n) is 5.72. The van der Waals surface area contributed by atoms with Gasteiger partial charge in [0.15, 0.2) is 0 Å². The van der Waals surface area contributed by atoms with E-state index >= 15 is 0 Å². The Balaban J connectivity index is 2.38. The minimum Gasteiger partial charge on any atom is -0.406 e. The molecule has 0 aliphatic carbocycles. The first-order valence-corrected chi connectivity index (χ1v) is 5.72. The van der Waals surface area contributed by atoms with Crippen LogP contribution in [0.4, 0.5) is 26.3 Å². The monoisotopic (exact) mass is 323 g/mol. The van der Waals surface area contributed by atoms with Crippen LogP contribution in [0.15, 0.2) is 41.3 Å². The smallest absolute Gasteiger partial charge is 0.406 e. The molecule has 0 amide bonds. The summed E-state index contributed by atoms with van der Waals surface area (Å²) in [7, 11) is 0. The molecule has 3 nitrogen and oxygen atoms in total. The van der Waals surface area contributed by atoms with Crippen LogP contribution in [0.25, 0.3) is 11.1 Å². The Kier molecular flexibility index (Phi) is 3.90. The van der Waals surface area contributed by atoms with Gasteiger partial charge < -0.3 is 9.72 Å². The summed E-state index contributed by atoms with van der Waals surface area (Å²) in [4.78, 5) is 13.5. The second-order valence-electron chi connectivity index (χ2n) is 4.20. The molecule has 0 bridgehead atoms. The maximum atomic E-state index is 12.6. The van der Waals surface area contributed by atoms with Gasteiger partial charge in [0, 0.05) is 11.8 Å². The zero-order valence-electron chi connectivity index (χ0n) is 10.5. The van der Waals surface area contributed by atoms with E-state index < -0.39 is 29.4 Å². The van der Waals surface area contributed by atoms with Crippen molar-refractivity contribution in [2.45, 2.75) is 12.5 Å². The maximum absolute atomic E-state index is 12.6. The van der Waals surface area contributed by atoms with Gasteiger partial charge in [-0.25, -0.2) is 0 Å². The number of nitrogens with one attached hydrogen (secondary N) is 1. The fourth-order valence-corrected chi connectivity index (χ4v) is 1.70. The van der Waals surface area contributed by atoms with Crippen LogP contribution in [0.2, 0.25) is 0 Å². The molecule has 0 fully saturated rings. The Morgan fingerprint density at radius 3 is 2.05 bits per heavy atom. The van der Waals surface area contributed by atoms with Gasteiger partial charge in [-0.1, -0.05) is 12.1 Å². The Bertz CT molecular complexity index is 715. The van der Waals surface area contributed by atoms with Gasteiger partial charge in [0.1, 0.15) is 5.75 Å². The zero-order chi connectivity index (χ0) is 16.5. The summed E-state index contributed by atoms with van der Waals surface area (Å²) in [6.45, 7) is 0. The van der Waals surface area contributed by atoms with Gasteiger partial charge in [-0.15, -0.1) is 13.2 Å². The Morgan fingerprint density at radius 2 is 1.55 bits per heavy atom. The number of benzene rings is 1. The van der Waals surface area contributed by atoms with Crippen LogP contribution >= 0.6 is 0 Å². The molecule has 118 valence electrons. The van der Waals surface area contributed by atoms with Crippen molar-refractivity contribution in [1.82, 2.24) is 4.98 Å². The molecule has 0 atom stereocenters. The first-order chi connectivity index (χ1) is 10.1. The van der Waals surface area contributed by atoms with Gasteiger partial charge in [0.25, 0.3) is 5.56 Å². The molecule has 0 radical (unpaired) electrons. The lowest BCUT2D eigenvalue weighted by molar-refractivity contribution is -0.274. The highest BCUT2D eigenvalue weighted by molar-refractivity contribution is 5.64. The number of H-pyrrole nitrogens is 1. The summed E-state index contributed by atoms with van der Waals surface area (Å²) in [6.07, 6.45) is -9.01. The molecule has 0 saturated carbocycles. The molecule has 1 aromatic carbocycles. The normalized spacial score (nSPS) is 12.3. The standard InChI is InChI=1S/C13H7F6NO2/c14-12(15,16)8-5-10(11(21)20-6-8)7-1-3-9(4-2-7)22-13(17,18)19/h1-6H,(H,20,21). The third-order valence-corrected chi connectivity index (χ3v) is 2.63. The minimum absolute atomic E-state index is 0.0295. The number of rotatable bonds is 2. The second-order valence-corrected chi connectivity index (χ2v) is 4.20. The molecule has 0 spiro atoms. The molecular formula is C13H7F6NO2. The number of ether oxygens (including phenoxy) is 1. The SMILES string of the molecule is O=c1[nH]cc(C(F)(F)F)cc1-c1ccc(OC(F)(F)F)cc1. The zero-order valence-corrected chi connectivity index (χ0v) is 10.5. The molecule has 9 heteroatoms. The van der Waals surface area contributed by atoms with E-state index in [2.05, 4.69) is 4.74 Å². The van der Waals surface area contributed by atoms with E-state index in [1.165, 1.54) is 0 Å². The van der Waals surface area contributed by atoms with E-state index in [0.717, 1.165) is 24.3 Å². The van der Waals surface area contributed by atoms with Crippen molar-refractivity contribution in [2.75, 3.05) is 0 Å². The number of hydrogen-bond acceptors (Lipinski definition) is 2. The predicted octanol–water partition coefficient (Wildman–Crippen LogP) is 3.96. The van der Waals surface area contributed by atoms with Crippen molar-refractivity contribution in [3.8, 4) is 16.9 Å². The van der Waals surface area contributed by atoms with Gasteiger partial charge in [0.05, 0.1) is 5.56 Å². The van der Waals surface area contributed by atoms with Crippen LogP contribution in [0.5, 0.6) is 5.75 Å². The Hall–Kier alpha value is -2.45. The van der Waals surface area contributed by atoms with Crippen molar-refractivity contribution < 1.29 is 31.1 Å². The van der Waals surface area contributed by atoms with E-state index in [-0.39, 0.29) is 11.1 Å². The highest BCUT2D eigenvalue weighted by Gasteiger charge is 2.32. The van der Waals surface area contributed by atoms with Gasteiger partial charge in [-0.2, -0.15) is 13.2 Å². The topological polar surface area (TPSA) is 42.1 Å². The van der Waals surface area contributed by atoms with Crippen molar-refractivity contribution >= 4 is 0 Å². The average molecular weight is 323 g/mol. The summed E-state index contributed by atoms with van der Waals surface area (Å²) in [5, 5.41) is 0. The first kappa shape index (κ1) is 15.9. The third kappa shape index (κ3) is 3.80. The van der Waals surface area contributed by atoms with E-state index in [9.17, 15) is 31.1 Å². The van der Waals surface area contributed by atoms with Crippen molar-refractivity contribution in [2.24, 2.45) is 0 Å². The number of pyridine rings is 1. The average Bonchev–Trinajstić information content (AvgIpc) is 2.37. The highest BCUT2D eigenvalue weighted by atomic mass is 19.4. The molecule has 2 rings (SSSR count). The number of aromatic nitrogens is 1. The quantitative estimate of drug-likeness (QED) is 0.850. The van der Waals surface area contributed by atoms with Crippen molar-refractivity contribution in [1.29, 1.82) is 0 Å². The second kappa shape index (κ2) is 5.39. The van der Waals surface area contributed by atoms with Gasteiger partial charge in [-0.05, 0) is 23.8 Å². The Morgan fingerprint density at radius 1 is 0.955 bits per heavy atom. The number of halogens is 6. The van der Waals surface area contributed by atoms with Crippen LogP contribution < -0.4 is 10.3 Å². The van der Waals surface area contributed by atoms with Gasteiger partial charge in [-0.3, -0.25) is 4.79 Å². The molecule has 0 aliphatic rings. The van der Waals surface area contributed by atoms with E-state index in [4.69, 9.17) is 0 Å². The molecule has 0 unspecified atom stereocenters. The molecule has 0 saturated heterocycles. The summed E-state index contributed by atoms with van der Waals surface area (Å²) in [6, 6.07) is 4.56. The minimum atomic E-state index is -4.88. The maximum Gasteiger partial charge on any atom is 0.573 e. The summed E-state index contributed by atoms with van der Waals surface area (Å²) in [5.74, 6) is -0.542. The molecule has 1 heterocycles. The van der Waals surface area contributed by atoms with E-state index in [1.807, 2.05) is 4.98 Å². The molecule has 22 heavy (non-hydrogen) atoms. The van der Waals surface area contributed by atoms with Crippen LogP contribution in [0.3, 0.4) is 0 Å². The highest BCUT2D eigenvalue weighted by Crippen LogP contribution is 2.31. The molecule has 2 aromatic rings. The third-order valence-electron chi connectivity index (χ3n) is 2.63. The van der Waals surface area contributed by atoms with Gasteiger partial charge >= 0.3 is 12.5 Å². The van der Waals surface area contributed by atoms with Gasteiger partial charge in [0.2, 0.25) is 0 Å². The fraction of sp³-hybridized carbons (Fsp3) is 0.154. The lowest BCUT2D eigenvalue weighted by atomic mass is 10.1. The molecule has 1 N–H and O–H groups in total. The van der Waals surface area contributed by atoms with Crippen LogP contribution in [-0.2, 0) is 6.18 Å². The van der Waals surface area contributed by atoms with Crippen LogP contribution in [0.1, 0.15) is 5.56 Å². The van der Waals surface area contributed by atoms with Crippen molar-refractivity contribution in [3.63, 3.8) is 0 Å². The fourth-order valence-electron chi connectivity index (χ4n) is 1.70. The predicted molar refractivity (Wildman–Crippen MR) is 64.2 cm³/mol. The lowest BCUT2D eigenvalue weighted by Gasteiger charge is -2.10. The summed E-state index contributed by atoms with van der Waals surface area (Å²) >= 11 is 0. The van der Waals surface area contributed by atoms with E-state index in [0.29, 0.717) is 12.3 Å². The molecule has 1 aromatic heterocycles. The van der Waals surface area contributed by atoms with Crippen molar-refractivity contribution in [3.05, 3.63) is 52.4 Å². The number of aromatic amines is 1. The number of hydrogen-bond donors (Lipinski definition) is 1.